The zero-order valence-electron chi connectivity index (χ0n) is 10.3. The molecular weight excluding hydrogens is 182 g/mol. The molecule has 3 unspecified atom stereocenters. The van der Waals surface area contributed by atoms with Crippen LogP contribution in [-0.2, 0) is 0 Å². The van der Waals surface area contributed by atoms with Gasteiger partial charge >= 0.3 is 0 Å². The molecule has 0 aromatic heterocycles. The fourth-order valence-electron chi connectivity index (χ4n) is 3.16. The van der Waals surface area contributed by atoms with E-state index in [0.717, 1.165) is 17.8 Å². The molecule has 0 aromatic carbocycles. The highest BCUT2D eigenvalue weighted by Gasteiger charge is 2.27. The molecule has 0 bridgehead atoms. The van der Waals surface area contributed by atoms with Crippen molar-refractivity contribution in [2.45, 2.75) is 70.8 Å². The lowest BCUT2D eigenvalue weighted by Gasteiger charge is -2.32. The largest absolute Gasteiger partial charge is 0.327 e. The summed E-state index contributed by atoms with van der Waals surface area (Å²) in [5.41, 5.74) is 6.34. The lowest BCUT2D eigenvalue weighted by atomic mass is 9.76. The molecule has 1 heteroatoms. The zero-order chi connectivity index (χ0) is 10.7. The molecule has 2 fully saturated rings. The third-order valence-electron chi connectivity index (χ3n) is 4.61. The van der Waals surface area contributed by atoms with Gasteiger partial charge in [0.15, 0.2) is 0 Å². The highest BCUT2D eigenvalue weighted by Crippen LogP contribution is 2.37. The summed E-state index contributed by atoms with van der Waals surface area (Å²) < 4.78 is 0. The van der Waals surface area contributed by atoms with Gasteiger partial charge in [0.2, 0.25) is 0 Å². The summed E-state index contributed by atoms with van der Waals surface area (Å²) >= 11 is 0. The predicted octanol–water partition coefficient (Wildman–Crippen LogP) is 3.72. The summed E-state index contributed by atoms with van der Waals surface area (Å²) in [6.45, 7) is 2.34. The van der Waals surface area contributed by atoms with E-state index in [2.05, 4.69) is 6.92 Å². The van der Waals surface area contributed by atoms with E-state index in [9.17, 15) is 0 Å². The first-order chi connectivity index (χ1) is 7.29. The van der Waals surface area contributed by atoms with Crippen LogP contribution in [0.3, 0.4) is 0 Å². The Morgan fingerprint density at radius 1 is 1.13 bits per heavy atom. The molecule has 0 radical (unpaired) electrons. The van der Waals surface area contributed by atoms with E-state index in [0.29, 0.717) is 6.04 Å². The SMILES string of the molecule is CCC1CCCC(C(N)CCC2CC2)C1. The molecule has 2 aliphatic rings. The Bertz CT molecular complexity index is 186. The van der Waals surface area contributed by atoms with E-state index in [-0.39, 0.29) is 0 Å². The van der Waals surface area contributed by atoms with Crippen molar-refractivity contribution in [1.29, 1.82) is 0 Å². The second-order valence-corrected chi connectivity index (χ2v) is 5.89. The van der Waals surface area contributed by atoms with Gasteiger partial charge in [-0.2, -0.15) is 0 Å². The average molecular weight is 209 g/mol. The van der Waals surface area contributed by atoms with Gasteiger partial charge in [-0.3, -0.25) is 0 Å². The van der Waals surface area contributed by atoms with Crippen LogP contribution in [0.2, 0.25) is 0 Å². The Morgan fingerprint density at radius 3 is 2.60 bits per heavy atom. The minimum atomic E-state index is 0.514. The van der Waals surface area contributed by atoms with E-state index in [1.807, 2.05) is 0 Å². The maximum Gasteiger partial charge on any atom is 0.00673 e. The van der Waals surface area contributed by atoms with Crippen LogP contribution in [0.15, 0.2) is 0 Å². The quantitative estimate of drug-likeness (QED) is 0.733. The molecular formula is C14H27N. The van der Waals surface area contributed by atoms with Gasteiger partial charge in [0.05, 0.1) is 0 Å². The van der Waals surface area contributed by atoms with E-state index in [1.165, 1.54) is 57.8 Å². The zero-order valence-corrected chi connectivity index (χ0v) is 10.3. The Hall–Kier alpha value is -0.0400. The van der Waals surface area contributed by atoms with Crippen LogP contribution in [0.5, 0.6) is 0 Å². The van der Waals surface area contributed by atoms with Gasteiger partial charge in [0.25, 0.3) is 0 Å². The van der Waals surface area contributed by atoms with Gasteiger partial charge in [-0.05, 0) is 43.4 Å². The second-order valence-electron chi connectivity index (χ2n) is 5.89. The van der Waals surface area contributed by atoms with Crippen molar-refractivity contribution in [3.05, 3.63) is 0 Å². The minimum Gasteiger partial charge on any atom is -0.327 e. The summed E-state index contributed by atoms with van der Waals surface area (Å²) in [6, 6.07) is 0.514. The van der Waals surface area contributed by atoms with Crippen molar-refractivity contribution < 1.29 is 0 Å². The van der Waals surface area contributed by atoms with Crippen LogP contribution < -0.4 is 5.73 Å². The van der Waals surface area contributed by atoms with Crippen molar-refractivity contribution in [2.75, 3.05) is 0 Å². The maximum atomic E-state index is 6.34. The predicted molar refractivity (Wildman–Crippen MR) is 65.7 cm³/mol. The Labute approximate surface area is 94.8 Å². The first kappa shape index (κ1) is 11.4. The summed E-state index contributed by atoms with van der Waals surface area (Å²) in [7, 11) is 0. The molecule has 2 N–H and O–H groups in total. The minimum absolute atomic E-state index is 0.514. The fourth-order valence-corrected chi connectivity index (χ4v) is 3.16. The first-order valence-corrected chi connectivity index (χ1v) is 7.05. The summed E-state index contributed by atoms with van der Waals surface area (Å²) in [4.78, 5) is 0. The van der Waals surface area contributed by atoms with E-state index in [1.54, 1.807) is 0 Å². The highest BCUT2D eigenvalue weighted by molar-refractivity contribution is 4.82. The van der Waals surface area contributed by atoms with Crippen LogP contribution in [-0.4, -0.2) is 6.04 Å². The molecule has 15 heavy (non-hydrogen) atoms. The molecule has 0 aromatic rings. The van der Waals surface area contributed by atoms with Crippen LogP contribution in [0.25, 0.3) is 0 Å². The van der Waals surface area contributed by atoms with E-state index >= 15 is 0 Å². The molecule has 0 heterocycles. The van der Waals surface area contributed by atoms with E-state index < -0.39 is 0 Å². The molecule has 2 aliphatic carbocycles. The molecule has 3 atom stereocenters. The maximum absolute atomic E-state index is 6.34. The first-order valence-electron chi connectivity index (χ1n) is 7.05. The van der Waals surface area contributed by atoms with Crippen molar-refractivity contribution in [1.82, 2.24) is 0 Å². The lowest BCUT2D eigenvalue weighted by molar-refractivity contribution is 0.221. The van der Waals surface area contributed by atoms with E-state index in [4.69, 9.17) is 5.73 Å². The summed E-state index contributed by atoms with van der Waals surface area (Å²) in [6.07, 6.45) is 12.8. The normalized spacial score (nSPS) is 34.0. The van der Waals surface area contributed by atoms with Crippen molar-refractivity contribution >= 4 is 0 Å². The molecule has 0 amide bonds. The van der Waals surface area contributed by atoms with Crippen molar-refractivity contribution in [2.24, 2.45) is 23.5 Å². The molecule has 0 saturated heterocycles. The summed E-state index contributed by atoms with van der Waals surface area (Å²) in [5.74, 6) is 2.89. The van der Waals surface area contributed by atoms with Crippen LogP contribution in [0.1, 0.15) is 64.7 Å². The number of rotatable bonds is 5. The molecule has 0 aliphatic heterocycles. The smallest absolute Gasteiger partial charge is 0.00673 e. The number of hydrogen-bond acceptors (Lipinski definition) is 1. The van der Waals surface area contributed by atoms with Gasteiger partial charge in [-0.25, -0.2) is 0 Å². The van der Waals surface area contributed by atoms with Gasteiger partial charge in [-0.1, -0.05) is 39.0 Å². The number of hydrogen-bond donors (Lipinski definition) is 1. The second kappa shape index (κ2) is 5.34. The van der Waals surface area contributed by atoms with Crippen molar-refractivity contribution in [3.63, 3.8) is 0 Å². The lowest BCUT2D eigenvalue weighted by Crippen LogP contribution is -2.33. The monoisotopic (exact) mass is 209 g/mol. The Balaban J connectivity index is 1.70. The van der Waals surface area contributed by atoms with Gasteiger partial charge in [-0.15, -0.1) is 0 Å². The molecule has 2 rings (SSSR count). The number of nitrogens with two attached hydrogens (primary N) is 1. The molecule has 1 nitrogen and oxygen atoms in total. The van der Waals surface area contributed by atoms with Gasteiger partial charge < -0.3 is 5.73 Å². The standard InChI is InChI=1S/C14H27N/c1-2-11-4-3-5-13(10-11)14(15)9-8-12-6-7-12/h11-14H,2-10,15H2,1H3. The highest BCUT2D eigenvalue weighted by atomic mass is 14.7. The third-order valence-corrected chi connectivity index (χ3v) is 4.61. The Kier molecular flexibility index (Phi) is 4.07. The molecule has 2 saturated carbocycles. The fraction of sp³-hybridized carbons (Fsp3) is 1.00. The topological polar surface area (TPSA) is 26.0 Å². The molecule has 0 spiro atoms. The van der Waals surface area contributed by atoms with Crippen LogP contribution in [0, 0.1) is 17.8 Å². The third kappa shape index (κ3) is 3.48. The van der Waals surface area contributed by atoms with Crippen LogP contribution in [0.4, 0.5) is 0 Å². The molecule has 88 valence electrons. The average Bonchev–Trinajstić information content (AvgIpc) is 3.10. The van der Waals surface area contributed by atoms with Gasteiger partial charge in [0, 0.05) is 6.04 Å². The van der Waals surface area contributed by atoms with Crippen molar-refractivity contribution in [3.8, 4) is 0 Å². The summed E-state index contributed by atoms with van der Waals surface area (Å²) in [5, 5.41) is 0. The van der Waals surface area contributed by atoms with Crippen LogP contribution >= 0.6 is 0 Å². The Morgan fingerprint density at radius 2 is 1.93 bits per heavy atom. The van der Waals surface area contributed by atoms with Gasteiger partial charge in [0.1, 0.15) is 0 Å².